The number of carbonyl (C=O) groups excluding carboxylic acids is 1. The van der Waals surface area contributed by atoms with Gasteiger partial charge >= 0.3 is 0 Å². The molecule has 68 valence electrons. The lowest BCUT2D eigenvalue weighted by atomic mass is 9.95. The van der Waals surface area contributed by atoms with Gasteiger partial charge in [-0.1, -0.05) is 4.49 Å². The Hall–Kier alpha value is -1.48. The van der Waals surface area contributed by atoms with E-state index in [4.69, 9.17) is 5.26 Å². The zero-order chi connectivity index (χ0) is 9.90. The Bertz CT molecular complexity index is 338. The molecule has 1 amide bonds. The largest absolute Gasteiger partial charge is 0.307 e. The van der Waals surface area contributed by atoms with Crippen molar-refractivity contribution in [1.82, 2.24) is 9.59 Å². The number of aromatic nitrogens is 2. The molecule has 0 aliphatic heterocycles. The quantitative estimate of drug-likeness (QED) is 0.766. The molecule has 0 aliphatic rings. The fourth-order valence-corrected chi connectivity index (χ4v) is 0.931. The molecule has 0 atom stereocenters. The number of rotatable bonds is 2. The van der Waals surface area contributed by atoms with E-state index >= 15 is 0 Å². The van der Waals surface area contributed by atoms with Crippen molar-refractivity contribution in [1.29, 1.82) is 5.26 Å². The van der Waals surface area contributed by atoms with E-state index in [2.05, 4.69) is 14.9 Å². The van der Waals surface area contributed by atoms with Crippen LogP contribution in [0.25, 0.3) is 0 Å². The fraction of sp³-hybridized carbons (Fsp3) is 0.429. The number of nitrogens with one attached hydrogen (secondary N) is 1. The summed E-state index contributed by atoms with van der Waals surface area (Å²) < 4.78 is 3.58. The molecule has 0 unspecified atom stereocenters. The lowest BCUT2D eigenvalue weighted by Gasteiger charge is -2.12. The molecule has 1 heterocycles. The smallest absolute Gasteiger partial charge is 0.245 e. The number of hydrogen-bond acceptors (Lipinski definition) is 5. The second-order valence-electron chi connectivity index (χ2n) is 2.98. The first-order valence-electron chi connectivity index (χ1n) is 3.56. The van der Waals surface area contributed by atoms with Gasteiger partial charge in [-0.25, -0.2) is 0 Å². The molecule has 0 aliphatic carbocycles. The van der Waals surface area contributed by atoms with Crippen LogP contribution in [0.1, 0.15) is 13.8 Å². The average molecular weight is 196 g/mol. The van der Waals surface area contributed by atoms with Gasteiger partial charge in [-0.05, 0) is 25.4 Å². The molecule has 0 radical (unpaired) electrons. The van der Waals surface area contributed by atoms with Gasteiger partial charge in [-0.15, -0.1) is 5.10 Å². The van der Waals surface area contributed by atoms with Crippen LogP contribution >= 0.6 is 11.5 Å². The Labute approximate surface area is 79.5 Å². The molecule has 0 spiro atoms. The summed E-state index contributed by atoms with van der Waals surface area (Å²) in [6.07, 6.45) is 0. The van der Waals surface area contributed by atoms with Crippen molar-refractivity contribution in [2.24, 2.45) is 5.41 Å². The van der Waals surface area contributed by atoms with Gasteiger partial charge in [0, 0.05) is 0 Å². The van der Waals surface area contributed by atoms with Crippen LogP contribution in [0.3, 0.4) is 0 Å². The molecule has 13 heavy (non-hydrogen) atoms. The highest BCUT2D eigenvalue weighted by Crippen LogP contribution is 2.16. The van der Waals surface area contributed by atoms with Crippen molar-refractivity contribution in [3.63, 3.8) is 0 Å². The summed E-state index contributed by atoms with van der Waals surface area (Å²) >= 11 is 1.14. The van der Waals surface area contributed by atoms with E-state index in [0.29, 0.717) is 5.82 Å². The van der Waals surface area contributed by atoms with Gasteiger partial charge in [0.15, 0.2) is 5.82 Å². The first-order valence-corrected chi connectivity index (χ1v) is 4.39. The van der Waals surface area contributed by atoms with E-state index in [1.807, 2.05) is 6.07 Å². The Morgan fingerprint density at radius 1 is 1.77 bits per heavy atom. The molecular formula is C7H8N4OS. The SMILES string of the molecule is CC(C)(C#N)C(=O)Nc1csnn1. The number of nitrogens with zero attached hydrogens (tertiary/aromatic N) is 3. The van der Waals surface area contributed by atoms with Crippen LogP contribution in [-0.4, -0.2) is 15.5 Å². The second kappa shape index (κ2) is 3.49. The van der Waals surface area contributed by atoms with Gasteiger partial charge in [0.25, 0.3) is 0 Å². The summed E-state index contributed by atoms with van der Waals surface area (Å²) in [5.41, 5.74) is -1.04. The summed E-state index contributed by atoms with van der Waals surface area (Å²) in [5, 5.41) is 16.4. The molecule has 1 aromatic rings. The second-order valence-corrected chi connectivity index (χ2v) is 3.59. The van der Waals surface area contributed by atoms with Crippen LogP contribution in [-0.2, 0) is 4.79 Å². The van der Waals surface area contributed by atoms with Crippen molar-refractivity contribution >= 4 is 23.3 Å². The molecule has 1 rings (SSSR count). The molecule has 6 heteroatoms. The molecule has 0 fully saturated rings. The van der Waals surface area contributed by atoms with E-state index in [1.165, 1.54) is 0 Å². The zero-order valence-electron chi connectivity index (χ0n) is 7.24. The van der Waals surface area contributed by atoms with Gasteiger partial charge in [0.05, 0.1) is 11.4 Å². The van der Waals surface area contributed by atoms with E-state index < -0.39 is 5.41 Å². The number of carbonyl (C=O) groups is 1. The average Bonchev–Trinajstić information content (AvgIpc) is 2.57. The number of hydrogen-bond donors (Lipinski definition) is 1. The van der Waals surface area contributed by atoms with Crippen LogP contribution in [0.15, 0.2) is 5.38 Å². The monoisotopic (exact) mass is 196 g/mol. The number of amides is 1. The fourth-order valence-electron chi connectivity index (χ4n) is 0.542. The third-order valence-corrected chi connectivity index (χ3v) is 1.95. The molecule has 5 nitrogen and oxygen atoms in total. The van der Waals surface area contributed by atoms with E-state index in [-0.39, 0.29) is 5.91 Å². The molecule has 1 aromatic heterocycles. The third kappa shape index (κ3) is 2.23. The summed E-state index contributed by atoms with van der Waals surface area (Å²) in [4.78, 5) is 11.4. The Balaban J connectivity index is 2.68. The van der Waals surface area contributed by atoms with E-state index in [9.17, 15) is 4.79 Å². The van der Waals surface area contributed by atoms with Crippen LogP contribution in [0.2, 0.25) is 0 Å². The van der Waals surface area contributed by atoms with Crippen molar-refractivity contribution in [2.75, 3.05) is 5.32 Å². The summed E-state index contributed by atoms with van der Waals surface area (Å²) in [6.45, 7) is 3.09. The third-order valence-electron chi connectivity index (χ3n) is 1.45. The molecule has 0 aromatic carbocycles. The van der Waals surface area contributed by atoms with Gasteiger partial charge in [0.2, 0.25) is 5.91 Å². The minimum Gasteiger partial charge on any atom is -0.307 e. The maximum Gasteiger partial charge on any atom is 0.245 e. The van der Waals surface area contributed by atoms with Crippen LogP contribution in [0.5, 0.6) is 0 Å². The molecule has 0 saturated carbocycles. The van der Waals surface area contributed by atoms with Crippen molar-refractivity contribution in [2.45, 2.75) is 13.8 Å². The van der Waals surface area contributed by atoms with Gasteiger partial charge in [-0.2, -0.15) is 5.26 Å². The minimum atomic E-state index is -1.04. The molecule has 0 saturated heterocycles. The first kappa shape index (κ1) is 9.61. The van der Waals surface area contributed by atoms with E-state index in [1.54, 1.807) is 19.2 Å². The maximum absolute atomic E-state index is 11.4. The molecule has 0 bridgehead atoms. The zero-order valence-corrected chi connectivity index (χ0v) is 8.05. The maximum atomic E-state index is 11.4. The highest BCUT2D eigenvalue weighted by Gasteiger charge is 2.27. The summed E-state index contributed by atoms with van der Waals surface area (Å²) in [6, 6.07) is 1.90. The number of anilines is 1. The predicted molar refractivity (Wildman–Crippen MR) is 47.9 cm³/mol. The van der Waals surface area contributed by atoms with E-state index in [0.717, 1.165) is 11.5 Å². The van der Waals surface area contributed by atoms with Gasteiger partial charge in [-0.3, -0.25) is 4.79 Å². The summed E-state index contributed by atoms with van der Waals surface area (Å²) in [7, 11) is 0. The number of nitriles is 1. The highest BCUT2D eigenvalue weighted by atomic mass is 32.1. The minimum absolute atomic E-state index is 0.372. The van der Waals surface area contributed by atoms with Crippen LogP contribution < -0.4 is 5.32 Å². The Morgan fingerprint density at radius 2 is 2.46 bits per heavy atom. The molecule has 1 N–H and O–H groups in total. The lowest BCUT2D eigenvalue weighted by molar-refractivity contribution is -0.121. The Morgan fingerprint density at radius 3 is 2.92 bits per heavy atom. The standard InChI is InChI=1S/C7H8N4OS/c1-7(2,4-8)6(12)9-5-3-13-11-10-5/h3H,1-2H3,(H,9,12). The van der Waals surface area contributed by atoms with Gasteiger partial charge < -0.3 is 5.32 Å². The topological polar surface area (TPSA) is 78.7 Å². The predicted octanol–water partition coefficient (Wildman–Crippen LogP) is 1.03. The highest BCUT2D eigenvalue weighted by molar-refractivity contribution is 7.03. The van der Waals surface area contributed by atoms with Gasteiger partial charge in [0.1, 0.15) is 5.41 Å². The van der Waals surface area contributed by atoms with Crippen molar-refractivity contribution in [3.8, 4) is 6.07 Å². The Kier molecular flexibility index (Phi) is 2.58. The summed E-state index contributed by atoms with van der Waals surface area (Å²) in [5.74, 6) is 0.0148. The van der Waals surface area contributed by atoms with Crippen LogP contribution in [0.4, 0.5) is 5.82 Å². The van der Waals surface area contributed by atoms with Crippen LogP contribution in [0, 0.1) is 16.7 Å². The van der Waals surface area contributed by atoms with Crippen molar-refractivity contribution < 1.29 is 4.79 Å². The normalized spacial score (nSPS) is 10.5. The lowest BCUT2D eigenvalue weighted by Crippen LogP contribution is -2.29. The van der Waals surface area contributed by atoms with Crippen molar-refractivity contribution in [3.05, 3.63) is 5.38 Å². The first-order chi connectivity index (χ1) is 6.06. The molecular weight excluding hydrogens is 188 g/mol.